The first-order valence-corrected chi connectivity index (χ1v) is 5.30. The zero-order valence-corrected chi connectivity index (χ0v) is 10.00. The number of halogens is 1. The van der Waals surface area contributed by atoms with Gasteiger partial charge in [-0.1, -0.05) is 15.9 Å². The van der Waals surface area contributed by atoms with Gasteiger partial charge in [-0.3, -0.25) is 0 Å². The van der Waals surface area contributed by atoms with Gasteiger partial charge in [0.15, 0.2) is 0 Å². The number of carboxylic acids is 1. The Morgan fingerprint density at radius 3 is 2.33 bits per heavy atom. The molecule has 0 unspecified atom stereocenters. The number of alkyl halides is 1. The summed E-state index contributed by atoms with van der Waals surface area (Å²) in [5, 5.41) is 9.51. The van der Waals surface area contributed by atoms with Crippen LogP contribution in [0.4, 0.5) is 0 Å². The molecule has 0 aliphatic heterocycles. The first-order valence-electron chi connectivity index (χ1n) is 4.18. The minimum atomic E-state index is -1.04. The minimum absolute atomic E-state index is 0.0963. The van der Waals surface area contributed by atoms with Crippen molar-refractivity contribution in [1.29, 1.82) is 0 Å². The van der Waals surface area contributed by atoms with Crippen molar-refractivity contribution < 1.29 is 19.4 Å². The summed E-state index contributed by atoms with van der Waals surface area (Å²) in [5.41, 5.74) is 0.943. The molecular weight excluding hydrogens is 264 g/mol. The monoisotopic (exact) mass is 274 g/mol. The Balaban J connectivity index is 3.34. The Bertz CT molecular complexity index is 376. The normalized spacial score (nSPS) is 9.80. The van der Waals surface area contributed by atoms with Gasteiger partial charge >= 0.3 is 5.97 Å². The van der Waals surface area contributed by atoms with Crippen LogP contribution in [0.25, 0.3) is 0 Å². The van der Waals surface area contributed by atoms with Crippen LogP contribution in [0, 0.1) is 0 Å². The lowest BCUT2D eigenvalue weighted by atomic mass is 10.1. The van der Waals surface area contributed by atoms with Crippen LogP contribution < -0.4 is 9.47 Å². The molecule has 0 aliphatic carbocycles. The largest absolute Gasteiger partial charge is 0.496 e. The summed E-state index contributed by atoms with van der Waals surface area (Å²) in [7, 11) is 2.94. The molecule has 0 spiro atoms. The van der Waals surface area contributed by atoms with Crippen molar-refractivity contribution in [3.05, 3.63) is 23.3 Å². The fourth-order valence-electron chi connectivity index (χ4n) is 1.23. The summed E-state index contributed by atoms with van der Waals surface area (Å²) in [6, 6.07) is 3.11. The van der Waals surface area contributed by atoms with Gasteiger partial charge in [-0.15, -0.1) is 0 Å². The van der Waals surface area contributed by atoms with Gasteiger partial charge < -0.3 is 14.6 Å². The lowest BCUT2D eigenvalue weighted by Crippen LogP contribution is -2.02. The number of ether oxygens (including phenoxy) is 2. The summed E-state index contributed by atoms with van der Waals surface area (Å²) in [5.74, 6) is -0.172. The van der Waals surface area contributed by atoms with E-state index in [1.807, 2.05) is 0 Å². The molecule has 0 radical (unpaired) electrons. The molecule has 1 rings (SSSR count). The Morgan fingerprint density at radius 2 is 1.93 bits per heavy atom. The Labute approximate surface area is 95.9 Å². The topological polar surface area (TPSA) is 55.8 Å². The lowest BCUT2D eigenvalue weighted by molar-refractivity contribution is 0.0693. The first-order chi connectivity index (χ1) is 7.13. The Morgan fingerprint density at radius 1 is 1.33 bits per heavy atom. The average Bonchev–Trinajstić information content (AvgIpc) is 2.26. The molecule has 82 valence electrons. The fraction of sp³-hybridized carbons (Fsp3) is 0.300. The van der Waals surface area contributed by atoms with E-state index in [0.29, 0.717) is 16.8 Å². The molecule has 15 heavy (non-hydrogen) atoms. The van der Waals surface area contributed by atoms with Crippen LogP contribution >= 0.6 is 15.9 Å². The number of benzene rings is 1. The highest BCUT2D eigenvalue weighted by Gasteiger charge is 2.15. The summed E-state index contributed by atoms with van der Waals surface area (Å²) >= 11 is 3.29. The van der Waals surface area contributed by atoms with E-state index >= 15 is 0 Å². The van der Waals surface area contributed by atoms with Crippen LogP contribution in [0.2, 0.25) is 0 Å². The number of hydrogen-bond acceptors (Lipinski definition) is 3. The maximum Gasteiger partial charge on any atom is 0.339 e. The molecular formula is C10H11BrO4. The Hall–Kier alpha value is -1.23. The van der Waals surface area contributed by atoms with Crippen LogP contribution in [0.1, 0.15) is 15.9 Å². The fourth-order valence-corrected chi connectivity index (χ4v) is 1.67. The highest BCUT2D eigenvalue weighted by molar-refractivity contribution is 9.08. The van der Waals surface area contributed by atoms with Crippen molar-refractivity contribution in [1.82, 2.24) is 0 Å². The molecule has 0 aromatic heterocycles. The second-order valence-corrected chi connectivity index (χ2v) is 3.36. The zero-order chi connectivity index (χ0) is 11.4. The minimum Gasteiger partial charge on any atom is -0.496 e. The molecule has 5 heteroatoms. The van der Waals surface area contributed by atoms with Gasteiger partial charge in [0.25, 0.3) is 0 Å². The number of hydrogen-bond donors (Lipinski definition) is 1. The molecule has 0 atom stereocenters. The molecule has 0 fully saturated rings. The first kappa shape index (κ1) is 11.8. The van der Waals surface area contributed by atoms with E-state index in [1.165, 1.54) is 20.3 Å². The van der Waals surface area contributed by atoms with Gasteiger partial charge in [0.1, 0.15) is 17.1 Å². The predicted molar refractivity (Wildman–Crippen MR) is 59.1 cm³/mol. The summed E-state index contributed by atoms with van der Waals surface area (Å²) in [6.45, 7) is 0. The SMILES string of the molecule is COc1cc(C(=O)O)c(OC)cc1CBr. The standard InChI is InChI=1S/C10H11BrO4/c1-14-8-4-7(10(12)13)9(15-2)3-6(8)5-11/h3-4H,5H2,1-2H3,(H,12,13). The third-order valence-corrected chi connectivity index (χ3v) is 2.58. The van der Waals surface area contributed by atoms with E-state index in [9.17, 15) is 4.79 Å². The van der Waals surface area contributed by atoms with E-state index in [0.717, 1.165) is 5.56 Å². The van der Waals surface area contributed by atoms with Crippen molar-refractivity contribution in [2.75, 3.05) is 14.2 Å². The summed E-state index contributed by atoms with van der Waals surface area (Å²) < 4.78 is 10.1. The number of rotatable bonds is 4. The van der Waals surface area contributed by atoms with Crippen LogP contribution in [0.3, 0.4) is 0 Å². The second-order valence-electron chi connectivity index (χ2n) is 2.80. The van der Waals surface area contributed by atoms with Crippen LogP contribution in [-0.2, 0) is 5.33 Å². The van der Waals surface area contributed by atoms with Gasteiger partial charge in [0.05, 0.1) is 14.2 Å². The van der Waals surface area contributed by atoms with Gasteiger partial charge in [0.2, 0.25) is 0 Å². The van der Waals surface area contributed by atoms with Crippen LogP contribution in [0.15, 0.2) is 12.1 Å². The van der Waals surface area contributed by atoms with Crippen molar-refractivity contribution in [2.45, 2.75) is 5.33 Å². The van der Waals surface area contributed by atoms with Crippen molar-refractivity contribution in [2.24, 2.45) is 0 Å². The van der Waals surface area contributed by atoms with E-state index in [1.54, 1.807) is 6.07 Å². The summed E-state index contributed by atoms with van der Waals surface area (Å²) in [6.07, 6.45) is 0. The zero-order valence-electron chi connectivity index (χ0n) is 8.41. The van der Waals surface area contributed by atoms with Crippen molar-refractivity contribution >= 4 is 21.9 Å². The van der Waals surface area contributed by atoms with Crippen LogP contribution in [-0.4, -0.2) is 25.3 Å². The molecule has 0 saturated heterocycles. The lowest BCUT2D eigenvalue weighted by Gasteiger charge is -2.11. The number of aromatic carboxylic acids is 1. The molecule has 0 aliphatic rings. The highest BCUT2D eigenvalue weighted by atomic mass is 79.9. The number of carboxylic acid groups (broad SMARTS) is 1. The van der Waals surface area contributed by atoms with E-state index in [2.05, 4.69) is 15.9 Å². The van der Waals surface area contributed by atoms with Crippen molar-refractivity contribution in [3.63, 3.8) is 0 Å². The summed E-state index contributed by atoms with van der Waals surface area (Å²) in [4.78, 5) is 10.9. The van der Waals surface area contributed by atoms with Gasteiger partial charge in [-0.05, 0) is 12.1 Å². The third kappa shape index (κ3) is 2.41. The second kappa shape index (κ2) is 5.02. The van der Waals surface area contributed by atoms with E-state index in [-0.39, 0.29) is 5.56 Å². The maximum atomic E-state index is 10.9. The number of carbonyl (C=O) groups is 1. The highest BCUT2D eigenvalue weighted by Crippen LogP contribution is 2.30. The molecule has 4 nitrogen and oxygen atoms in total. The molecule has 0 saturated carbocycles. The smallest absolute Gasteiger partial charge is 0.339 e. The number of methoxy groups -OCH3 is 2. The average molecular weight is 275 g/mol. The predicted octanol–water partition coefficient (Wildman–Crippen LogP) is 2.30. The van der Waals surface area contributed by atoms with Gasteiger partial charge in [-0.2, -0.15) is 0 Å². The molecule has 1 aromatic carbocycles. The van der Waals surface area contributed by atoms with Crippen molar-refractivity contribution in [3.8, 4) is 11.5 Å². The molecule has 0 bridgehead atoms. The quantitative estimate of drug-likeness (QED) is 0.856. The van der Waals surface area contributed by atoms with E-state index < -0.39 is 5.97 Å². The molecule has 0 amide bonds. The third-order valence-electron chi connectivity index (χ3n) is 1.98. The Kier molecular flexibility index (Phi) is 3.96. The van der Waals surface area contributed by atoms with E-state index in [4.69, 9.17) is 14.6 Å². The molecule has 1 aromatic rings. The molecule has 1 N–H and O–H groups in total. The van der Waals surface area contributed by atoms with Gasteiger partial charge in [-0.25, -0.2) is 4.79 Å². The van der Waals surface area contributed by atoms with Crippen LogP contribution in [0.5, 0.6) is 11.5 Å². The maximum absolute atomic E-state index is 10.9. The molecule has 0 heterocycles. The van der Waals surface area contributed by atoms with Gasteiger partial charge in [0, 0.05) is 10.9 Å².